The molecule has 8 heteroatoms. The lowest BCUT2D eigenvalue weighted by molar-refractivity contribution is -0.769. The van der Waals surface area contributed by atoms with E-state index >= 15 is 0 Å². The number of rotatable bonds is 3. The summed E-state index contributed by atoms with van der Waals surface area (Å²) in [5.41, 5.74) is 0.834. The predicted molar refractivity (Wildman–Crippen MR) is 76.6 cm³/mol. The van der Waals surface area contributed by atoms with E-state index in [1.54, 1.807) is 30.4 Å². The van der Waals surface area contributed by atoms with Gasteiger partial charge in [0.05, 0.1) is 6.04 Å². The van der Waals surface area contributed by atoms with Crippen LogP contribution in [-0.2, 0) is 14.3 Å². The van der Waals surface area contributed by atoms with Gasteiger partial charge in [-0.15, -0.1) is 0 Å². The number of hydrogen-bond acceptors (Lipinski definition) is 6. The van der Waals surface area contributed by atoms with Gasteiger partial charge in [-0.1, -0.05) is 0 Å². The van der Waals surface area contributed by atoms with Gasteiger partial charge in [-0.2, -0.15) is 4.57 Å². The molecule has 0 saturated carbocycles. The number of carboxylic acids is 1. The van der Waals surface area contributed by atoms with Crippen molar-refractivity contribution in [3.63, 3.8) is 0 Å². The number of amides is 1. The first-order valence-corrected chi connectivity index (χ1v) is 7.61. The zero-order chi connectivity index (χ0) is 17.4. The first-order chi connectivity index (χ1) is 11.4. The summed E-state index contributed by atoms with van der Waals surface area (Å²) < 4.78 is 6.74. The second kappa shape index (κ2) is 6.21. The SMILES string of the molecule is CN1C(=O)CCC1c1ccc[n+](C2OC(C(=O)[O-])=CC(O)C2O)c1. The van der Waals surface area contributed by atoms with Crippen molar-refractivity contribution in [3.05, 3.63) is 41.9 Å². The third kappa shape index (κ3) is 2.85. The number of hydrogen-bond donors (Lipinski definition) is 2. The fourth-order valence-electron chi connectivity index (χ4n) is 3.08. The smallest absolute Gasteiger partial charge is 0.331 e. The van der Waals surface area contributed by atoms with E-state index in [9.17, 15) is 24.9 Å². The molecule has 24 heavy (non-hydrogen) atoms. The summed E-state index contributed by atoms with van der Waals surface area (Å²) in [4.78, 5) is 24.3. The van der Waals surface area contributed by atoms with Crippen molar-refractivity contribution < 1.29 is 34.2 Å². The Morgan fingerprint density at radius 3 is 2.83 bits per heavy atom. The van der Waals surface area contributed by atoms with Crippen LogP contribution in [0, 0.1) is 0 Å². The molecule has 4 unspecified atom stereocenters. The highest BCUT2D eigenvalue weighted by Gasteiger charge is 2.40. The molecule has 1 saturated heterocycles. The third-order valence-electron chi connectivity index (χ3n) is 4.43. The molecule has 0 spiro atoms. The second-order valence-electron chi connectivity index (χ2n) is 5.95. The maximum atomic E-state index is 11.7. The predicted octanol–water partition coefficient (Wildman–Crippen LogP) is -1.85. The summed E-state index contributed by atoms with van der Waals surface area (Å²) >= 11 is 0. The van der Waals surface area contributed by atoms with E-state index in [0.717, 1.165) is 11.6 Å². The molecule has 0 bridgehead atoms. The molecular weight excluding hydrogens is 316 g/mol. The lowest BCUT2D eigenvalue weighted by Gasteiger charge is -2.28. The number of aromatic nitrogens is 1. The van der Waals surface area contributed by atoms with Crippen molar-refractivity contribution in [2.45, 2.75) is 37.3 Å². The van der Waals surface area contributed by atoms with Gasteiger partial charge in [0.2, 0.25) is 5.91 Å². The summed E-state index contributed by atoms with van der Waals surface area (Å²) in [6.07, 6.45) is 1.50. The molecule has 2 aliphatic rings. The molecule has 1 aromatic rings. The van der Waals surface area contributed by atoms with Crippen molar-refractivity contribution in [1.82, 2.24) is 4.90 Å². The van der Waals surface area contributed by atoms with E-state index in [0.29, 0.717) is 12.8 Å². The summed E-state index contributed by atoms with van der Waals surface area (Å²) in [5.74, 6) is -2.03. The van der Waals surface area contributed by atoms with Crippen molar-refractivity contribution in [1.29, 1.82) is 0 Å². The zero-order valence-corrected chi connectivity index (χ0v) is 13.0. The average Bonchev–Trinajstić information content (AvgIpc) is 2.89. The van der Waals surface area contributed by atoms with Crippen molar-refractivity contribution in [2.24, 2.45) is 0 Å². The molecule has 1 aromatic heterocycles. The van der Waals surface area contributed by atoms with E-state index in [4.69, 9.17) is 4.74 Å². The normalized spacial score (nSPS) is 30.0. The number of nitrogens with zero attached hydrogens (tertiary/aromatic N) is 2. The van der Waals surface area contributed by atoms with Gasteiger partial charge < -0.3 is 29.8 Å². The van der Waals surface area contributed by atoms with Gasteiger partial charge in [0.15, 0.2) is 18.5 Å². The maximum Gasteiger partial charge on any atom is 0.331 e. The van der Waals surface area contributed by atoms with Crippen molar-refractivity contribution in [3.8, 4) is 0 Å². The number of likely N-dealkylation sites (tertiary alicyclic amines) is 1. The number of carbonyl (C=O) groups is 2. The van der Waals surface area contributed by atoms with Crippen molar-refractivity contribution >= 4 is 11.9 Å². The van der Waals surface area contributed by atoms with E-state index in [2.05, 4.69) is 0 Å². The minimum Gasteiger partial charge on any atom is -0.542 e. The van der Waals surface area contributed by atoms with E-state index in [1.807, 2.05) is 6.07 Å². The van der Waals surface area contributed by atoms with Gasteiger partial charge in [0, 0.05) is 25.1 Å². The molecule has 2 N–H and O–H groups in total. The number of pyridine rings is 1. The summed E-state index contributed by atoms with van der Waals surface area (Å²) in [7, 11) is 1.73. The Morgan fingerprint density at radius 1 is 1.46 bits per heavy atom. The first-order valence-electron chi connectivity index (χ1n) is 7.61. The number of aliphatic carboxylic acids is 1. The fraction of sp³-hybridized carbons (Fsp3) is 0.438. The lowest BCUT2D eigenvalue weighted by atomic mass is 10.1. The van der Waals surface area contributed by atoms with Crippen LogP contribution in [0.15, 0.2) is 36.4 Å². The number of ether oxygens (including phenoxy) is 1. The van der Waals surface area contributed by atoms with Gasteiger partial charge in [-0.05, 0) is 18.6 Å². The third-order valence-corrected chi connectivity index (χ3v) is 4.43. The van der Waals surface area contributed by atoms with Gasteiger partial charge >= 0.3 is 6.23 Å². The number of carbonyl (C=O) groups excluding carboxylic acids is 2. The Balaban J connectivity index is 1.90. The molecule has 3 rings (SSSR count). The molecule has 2 aliphatic heterocycles. The standard InChI is InChI=1S/C16H18N2O6/c1-17-10(4-5-13(17)20)9-3-2-6-18(8-9)15-14(21)11(19)7-12(24-15)16(22)23/h2-3,6-8,10-11,14-15,19,21H,4-5H2,1H3. The van der Waals surface area contributed by atoms with Crippen LogP contribution in [0.4, 0.5) is 0 Å². The highest BCUT2D eigenvalue weighted by molar-refractivity contribution is 5.82. The van der Waals surface area contributed by atoms with Crippen LogP contribution in [-0.4, -0.2) is 46.2 Å². The Bertz CT molecular complexity index is 704. The molecule has 1 fully saturated rings. The maximum absolute atomic E-state index is 11.7. The molecule has 8 nitrogen and oxygen atoms in total. The lowest BCUT2D eigenvalue weighted by Crippen LogP contribution is -2.53. The van der Waals surface area contributed by atoms with Gasteiger partial charge in [0.1, 0.15) is 17.8 Å². The highest BCUT2D eigenvalue weighted by atomic mass is 16.5. The molecule has 0 aliphatic carbocycles. The van der Waals surface area contributed by atoms with Crippen LogP contribution in [0.2, 0.25) is 0 Å². The molecule has 128 valence electrons. The summed E-state index contributed by atoms with van der Waals surface area (Å²) in [6.45, 7) is 0. The largest absolute Gasteiger partial charge is 0.542 e. The Hall–Kier alpha value is -2.45. The number of carboxylic acid groups (broad SMARTS) is 1. The Labute approximate surface area is 138 Å². The zero-order valence-electron chi connectivity index (χ0n) is 13.0. The van der Waals surface area contributed by atoms with Crippen LogP contribution in [0.25, 0.3) is 0 Å². The van der Waals surface area contributed by atoms with Crippen molar-refractivity contribution in [2.75, 3.05) is 7.05 Å². The van der Waals surface area contributed by atoms with Gasteiger partial charge in [-0.25, -0.2) is 0 Å². The van der Waals surface area contributed by atoms with Gasteiger partial charge in [-0.3, -0.25) is 4.79 Å². The number of aliphatic hydroxyl groups is 2. The van der Waals surface area contributed by atoms with E-state index in [1.165, 1.54) is 4.57 Å². The Kier molecular flexibility index (Phi) is 4.25. The molecule has 0 aromatic carbocycles. The molecular formula is C16H18N2O6. The number of aliphatic hydroxyl groups excluding tert-OH is 2. The average molecular weight is 334 g/mol. The first kappa shape index (κ1) is 16.4. The topological polar surface area (TPSA) is 114 Å². The van der Waals surface area contributed by atoms with Crippen LogP contribution >= 0.6 is 0 Å². The fourth-order valence-corrected chi connectivity index (χ4v) is 3.08. The van der Waals surface area contributed by atoms with Crippen LogP contribution < -0.4 is 9.67 Å². The van der Waals surface area contributed by atoms with Gasteiger partial charge in [0.25, 0.3) is 0 Å². The van der Waals surface area contributed by atoms with Crippen LogP contribution in [0.5, 0.6) is 0 Å². The minimum atomic E-state index is -1.57. The minimum absolute atomic E-state index is 0.0574. The molecule has 1 amide bonds. The summed E-state index contributed by atoms with van der Waals surface area (Å²) in [6, 6.07) is 3.47. The molecule has 3 heterocycles. The molecule has 4 atom stereocenters. The van der Waals surface area contributed by atoms with Crippen LogP contribution in [0.1, 0.15) is 30.7 Å². The Morgan fingerprint density at radius 2 is 2.21 bits per heavy atom. The highest BCUT2D eigenvalue weighted by Crippen LogP contribution is 2.31. The monoisotopic (exact) mass is 334 g/mol. The van der Waals surface area contributed by atoms with E-state index in [-0.39, 0.29) is 11.9 Å². The summed E-state index contributed by atoms with van der Waals surface area (Å²) in [5, 5.41) is 30.9. The quantitative estimate of drug-likeness (QED) is 0.628. The second-order valence-corrected chi connectivity index (χ2v) is 5.95. The van der Waals surface area contributed by atoms with Crippen LogP contribution in [0.3, 0.4) is 0 Å². The molecule has 0 radical (unpaired) electrons. The van der Waals surface area contributed by atoms with E-state index < -0.39 is 30.2 Å².